The highest BCUT2D eigenvalue weighted by molar-refractivity contribution is 8.23. The first-order chi connectivity index (χ1) is 7.36. The van der Waals surface area contributed by atoms with E-state index in [-0.39, 0.29) is 0 Å². The quantitative estimate of drug-likeness (QED) is 0.742. The van der Waals surface area contributed by atoms with Crippen LogP contribution in [0.2, 0.25) is 0 Å². The van der Waals surface area contributed by atoms with Gasteiger partial charge in [-0.2, -0.15) is 0 Å². The summed E-state index contributed by atoms with van der Waals surface area (Å²) in [6, 6.07) is 14.4. The molecule has 1 aromatic carbocycles. The summed E-state index contributed by atoms with van der Waals surface area (Å²) in [4.78, 5) is 1.37. The third-order valence-electron chi connectivity index (χ3n) is 1.94. The van der Waals surface area contributed by atoms with Crippen LogP contribution < -0.4 is 0 Å². The Hall–Kier alpha value is -0.640. The molecule has 2 aromatic rings. The predicted molar refractivity (Wildman–Crippen MR) is 73.8 cm³/mol. The molecule has 0 spiro atoms. The van der Waals surface area contributed by atoms with Gasteiger partial charge in [0.1, 0.15) is 0 Å². The Balaban J connectivity index is 1.94. The van der Waals surface area contributed by atoms with Crippen LogP contribution in [-0.4, -0.2) is 4.20 Å². The molecule has 0 nitrogen and oxygen atoms in total. The Kier molecular flexibility index (Phi) is 3.94. The van der Waals surface area contributed by atoms with Crippen molar-refractivity contribution < 1.29 is 0 Å². The summed E-state index contributed by atoms with van der Waals surface area (Å²) in [5.41, 5.74) is 1.15. The van der Waals surface area contributed by atoms with E-state index >= 15 is 0 Å². The highest BCUT2D eigenvalue weighted by Crippen LogP contribution is 2.21. The van der Waals surface area contributed by atoms with Crippen molar-refractivity contribution in [2.75, 3.05) is 0 Å². The van der Waals surface area contributed by atoms with E-state index < -0.39 is 0 Å². The van der Waals surface area contributed by atoms with Crippen LogP contribution in [-0.2, 0) is 5.75 Å². The van der Waals surface area contributed by atoms with Crippen LogP contribution in [0.25, 0.3) is 0 Å². The molecule has 1 heterocycles. The Morgan fingerprint density at radius 1 is 1.13 bits per heavy atom. The molecule has 0 saturated heterocycles. The van der Waals surface area contributed by atoms with Gasteiger partial charge < -0.3 is 0 Å². The zero-order valence-corrected chi connectivity index (χ0v) is 10.5. The van der Waals surface area contributed by atoms with Gasteiger partial charge in [0, 0.05) is 10.6 Å². The Morgan fingerprint density at radius 3 is 2.60 bits per heavy atom. The lowest BCUT2D eigenvalue weighted by Gasteiger charge is -2.01. The monoisotopic (exact) mass is 250 g/mol. The van der Waals surface area contributed by atoms with Crippen molar-refractivity contribution in [3.8, 4) is 0 Å². The van der Waals surface area contributed by atoms with E-state index in [1.807, 2.05) is 18.2 Å². The number of thiocarbonyl (C=S) groups is 1. The van der Waals surface area contributed by atoms with Gasteiger partial charge in [0.05, 0.1) is 4.20 Å². The highest BCUT2D eigenvalue weighted by atomic mass is 32.2. The second-order valence-corrected chi connectivity index (χ2v) is 5.71. The predicted octanol–water partition coefficient (Wildman–Crippen LogP) is 4.36. The molecule has 0 aliphatic carbocycles. The molecular weight excluding hydrogens is 240 g/mol. The molecule has 0 aliphatic heterocycles. The minimum absolute atomic E-state index is 0.976. The normalized spacial score (nSPS) is 10.1. The molecular formula is C12H10S3. The smallest absolute Gasteiger partial charge is 0.0781 e. The number of thioether (sulfide) groups is 1. The van der Waals surface area contributed by atoms with E-state index in [9.17, 15) is 0 Å². The van der Waals surface area contributed by atoms with Crippen LogP contribution in [0.1, 0.15) is 10.4 Å². The summed E-state index contributed by atoms with van der Waals surface area (Å²) < 4.78 is 0.976. The van der Waals surface area contributed by atoms with Crippen molar-refractivity contribution in [2.24, 2.45) is 0 Å². The Morgan fingerprint density at radius 2 is 1.93 bits per heavy atom. The molecule has 0 unspecified atom stereocenters. The van der Waals surface area contributed by atoms with Gasteiger partial charge in [-0.1, -0.05) is 48.6 Å². The summed E-state index contributed by atoms with van der Waals surface area (Å²) in [6.07, 6.45) is 0. The van der Waals surface area contributed by atoms with E-state index in [0.717, 1.165) is 15.5 Å². The lowest BCUT2D eigenvalue weighted by Crippen LogP contribution is -1.90. The van der Waals surface area contributed by atoms with Crippen molar-refractivity contribution >= 4 is 39.5 Å². The first-order valence-corrected chi connectivity index (χ1v) is 6.88. The average molecular weight is 250 g/mol. The van der Waals surface area contributed by atoms with E-state index in [2.05, 4.69) is 29.6 Å². The van der Waals surface area contributed by atoms with Gasteiger partial charge in [0.25, 0.3) is 0 Å². The fourth-order valence-electron chi connectivity index (χ4n) is 1.19. The molecule has 1 aromatic heterocycles. The van der Waals surface area contributed by atoms with Gasteiger partial charge in [-0.3, -0.25) is 0 Å². The fourth-order valence-corrected chi connectivity index (χ4v) is 3.11. The molecule has 0 saturated carbocycles. The van der Waals surface area contributed by atoms with Crippen molar-refractivity contribution in [3.63, 3.8) is 0 Å². The van der Waals surface area contributed by atoms with Gasteiger partial charge in [-0.05, 0) is 17.0 Å². The van der Waals surface area contributed by atoms with E-state index in [4.69, 9.17) is 12.2 Å². The number of thiophene rings is 1. The maximum atomic E-state index is 5.36. The van der Waals surface area contributed by atoms with Crippen molar-refractivity contribution in [3.05, 3.63) is 58.3 Å². The van der Waals surface area contributed by atoms with E-state index in [1.54, 1.807) is 23.1 Å². The maximum absolute atomic E-state index is 5.36. The first-order valence-electron chi connectivity index (χ1n) is 4.61. The van der Waals surface area contributed by atoms with Gasteiger partial charge >= 0.3 is 0 Å². The summed E-state index contributed by atoms with van der Waals surface area (Å²) in [6.45, 7) is 0. The second-order valence-electron chi connectivity index (χ2n) is 3.02. The topological polar surface area (TPSA) is 0 Å². The minimum Gasteiger partial charge on any atom is -0.148 e. The molecule has 0 bridgehead atoms. The van der Waals surface area contributed by atoms with Crippen molar-refractivity contribution in [1.82, 2.24) is 0 Å². The Labute approximate surface area is 103 Å². The molecule has 0 amide bonds. The van der Waals surface area contributed by atoms with Crippen molar-refractivity contribution in [1.29, 1.82) is 0 Å². The molecule has 3 heteroatoms. The number of benzene rings is 1. The first kappa shape index (κ1) is 10.9. The number of hydrogen-bond acceptors (Lipinski definition) is 3. The van der Waals surface area contributed by atoms with Gasteiger partial charge in [-0.15, -0.1) is 23.1 Å². The van der Waals surface area contributed by atoms with Gasteiger partial charge in [-0.25, -0.2) is 0 Å². The molecule has 2 rings (SSSR count). The number of hydrogen-bond donors (Lipinski definition) is 0. The standard InChI is InChI=1S/C12H10S3/c13-12(10-5-2-1-3-6-10)15-9-11-7-4-8-14-11/h1-8H,9H2. The average Bonchev–Trinajstić information content (AvgIpc) is 2.80. The van der Waals surface area contributed by atoms with Crippen LogP contribution in [0.3, 0.4) is 0 Å². The minimum atomic E-state index is 0.976. The summed E-state index contributed by atoms with van der Waals surface area (Å²) in [7, 11) is 0. The highest BCUT2D eigenvalue weighted by Gasteiger charge is 2.02. The van der Waals surface area contributed by atoms with Crippen molar-refractivity contribution in [2.45, 2.75) is 5.75 Å². The second kappa shape index (κ2) is 5.45. The molecule has 0 atom stereocenters. The van der Waals surface area contributed by atoms with Crippen LogP contribution in [0.15, 0.2) is 47.8 Å². The van der Waals surface area contributed by atoms with Crippen LogP contribution in [0.4, 0.5) is 0 Å². The molecule has 0 aliphatic rings. The van der Waals surface area contributed by atoms with E-state index in [1.165, 1.54) is 4.88 Å². The summed E-state index contributed by atoms with van der Waals surface area (Å²) >= 11 is 8.87. The molecule has 0 N–H and O–H groups in total. The summed E-state index contributed by atoms with van der Waals surface area (Å²) in [5, 5.41) is 2.10. The Bertz CT molecular complexity index is 417. The van der Waals surface area contributed by atoms with E-state index in [0.29, 0.717) is 0 Å². The lowest BCUT2D eigenvalue weighted by atomic mass is 10.2. The zero-order chi connectivity index (χ0) is 10.5. The molecule has 15 heavy (non-hydrogen) atoms. The third-order valence-corrected chi connectivity index (χ3v) is 4.54. The third kappa shape index (κ3) is 3.16. The molecule has 0 fully saturated rings. The fraction of sp³-hybridized carbons (Fsp3) is 0.0833. The van der Waals surface area contributed by atoms with Crippen LogP contribution in [0.5, 0.6) is 0 Å². The molecule has 76 valence electrons. The maximum Gasteiger partial charge on any atom is 0.0781 e. The zero-order valence-electron chi connectivity index (χ0n) is 8.05. The largest absolute Gasteiger partial charge is 0.148 e. The van der Waals surface area contributed by atoms with Crippen LogP contribution in [0, 0.1) is 0 Å². The van der Waals surface area contributed by atoms with Crippen LogP contribution >= 0.6 is 35.3 Å². The lowest BCUT2D eigenvalue weighted by molar-refractivity contribution is 1.56. The van der Waals surface area contributed by atoms with Gasteiger partial charge in [0.15, 0.2) is 0 Å². The van der Waals surface area contributed by atoms with Gasteiger partial charge in [0.2, 0.25) is 0 Å². The molecule has 0 radical (unpaired) electrons. The number of rotatable bonds is 3. The SMILES string of the molecule is S=C(SCc1cccs1)c1ccccc1. The summed E-state index contributed by atoms with van der Waals surface area (Å²) in [5.74, 6) is 0.978.